The highest BCUT2D eigenvalue weighted by molar-refractivity contribution is 6.16. The average molecular weight is 531 g/mol. The van der Waals surface area contributed by atoms with E-state index in [1.165, 1.54) is 13.0 Å². The van der Waals surface area contributed by atoms with Gasteiger partial charge in [0, 0.05) is 17.0 Å². The normalized spacial score (nSPS) is 18.5. The van der Waals surface area contributed by atoms with Crippen LogP contribution in [-0.4, -0.2) is 40.4 Å². The van der Waals surface area contributed by atoms with Crippen LogP contribution in [0.25, 0.3) is 10.9 Å². The molecule has 4 amide bonds. The molecule has 1 saturated heterocycles. The summed E-state index contributed by atoms with van der Waals surface area (Å²) in [6, 6.07) is 15.1. The fraction of sp³-hybridized carbons (Fsp3) is 0.310. The van der Waals surface area contributed by atoms with Crippen molar-refractivity contribution >= 4 is 40.3 Å². The van der Waals surface area contributed by atoms with Gasteiger partial charge >= 0.3 is 0 Å². The van der Waals surface area contributed by atoms with Crippen molar-refractivity contribution in [2.75, 3.05) is 0 Å². The molecular formula is C29H30N4O6. The molecule has 1 aromatic heterocycles. The summed E-state index contributed by atoms with van der Waals surface area (Å²) in [5, 5.41) is 8.14. The first kappa shape index (κ1) is 27.4. The van der Waals surface area contributed by atoms with Crippen molar-refractivity contribution in [1.29, 1.82) is 0 Å². The van der Waals surface area contributed by atoms with E-state index in [-0.39, 0.29) is 23.5 Å². The smallest absolute Gasteiger partial charge is 0.268 e. The second kappa shape index (κ2) is 11.4. The Labute approximate surface area is 224 Å². The number of benzene rings is 2. The van der Waals surface area contributed by atoms with E-state index in [1.54, 1.807) is 68.4 Å². The second-order valence-corrected chi connectivity index (χ2v) is 10.0. The molecule has 4 atom stereocenters. The van der Waals surface area contributed by atoms with Crippen LogP contribution in [-0.2, 0) is 19.2 Å². The quantitative estimate of drug-likeness (QED) is 0.245. The predicted molar refractivity (Wildman–Crippen MR) is 143 cm³/mol. The molecule has 202 valence electrons. The molecule has 0 bridgehead atoms. The van der Waals surface area contributed by atoms with Gasteiger partial charge in [-0.15, -0.1) is 0 Å². The number of fused-ring (bicyclic) bond motifs is 1. The highest BCUT2D eigenvalue weighted by Gasteiger charge is 2.46. The molecule has 0 spiro atoms. The number of aromatic nitrogens is 1. The highest BCUT2D eigenvalue weighted by atomic mass is 16.2. The number of ketones is 1. The van der Waals surface area contributed by atoms with Crippen LogP contribution in [0.4, 0.5) is 0 Å². The Kier molecular flexibility index (Phi) is 8.04. The van der Waals surface area contributed by atoms with Crippen LogP contribution in [0, 0.1) is 17.8 Å². The minimum atomic E-state index is -1.18. The Balaban J connectivity index is 1.54. The second-order valence-electron chi connectivity index (χ2n) is 10.0. The van der Waals surface area contributed by atoms with Crippen molar-refractivity contribution in [3.8, 4) is 0 Å². The van der Waals surface area contributed by atoms with E-state index in [9.17, 15) is 28.8 Å². The van der Waals surface area contributed by atoms with Crippen molar-refractivity contribution in [3.05, 3.63) is 82.1 Å². The molecule has 39 heavy (non-hydrogen) atoms. The van der Waals surface area contributed by atoms with E-state index < -0.39 is 53.3 Å². The maximum absolute atomic E-state index is 13.2. The molecule has 1 aliphatic rings. The summed E-state index contributed by atoms with van der Waals surface area (Å²) in [7, 11) is 0. The summed E-state index contributed by atoms with van der Waals surface area (Å²) < 4.78 is 0. The number of rotatable bonds is 9. The number of nitrogens with one attached hydrogen (secondary N) is 4. The van der Waals surface area contributed by atoms with E-state index in [2.05, 4.69) is 20.9 Å². The third kappa shape index (κ3) is 5.95. The lowest BCUT2D eigenvalue weighted by atomic mass is 9.85. The lowest BCUT2D eigenvalue weighted by molar-refractivity contribution is -0.137. The fourth-order valence-corrected chi connectivity index (χ4v) is 4.74. The lowest BCUT2D eigenvalue weighted by Crippen LogP contribution is -2.49. The van der Waals surface area contributed by atoms with Gasteiger partial charge in [0.1, 0.15) is 11.6 Å². The van der Waals surface area contributed by atoms with Gasteiger partial charge in [0.05, 0.1) is 24.4 Å². The first-order chi connectivity index (χ1) is 18.6. The van der Waals surface area contributed by atoms with E-state index in [0.717, 1.165) is 0 Å². The van der Waals surface area contributed by atoms with Crippen LogP contribution in [0.1, 0.15) is 49.3 Å². The number of amides is 4. The zero-order valence-corrected chi connectivity index (χ0v) is 21.8. The Morgan fingerprint density at radius 1 is 0.897 bits per heavy atom. The highest BCUT2D eigenvalue weighted by Crippen LogP contribution is 2.24. The number of carbonyl (C=O) groups excluding carboxylic acids is 5. The van der Waals surface area contributed by atoms with Crippen LogP contribution in [0.3, 0.4) is 0 Å². The number of carbonyl (C=O) groups is 5. The monoisotopic (exact) mass is 530 g/mol. The van der Waals surface area contributed by atoms with Crippen LogP contribution in [0.15, 0.2) is 65.5 Å². The topological polar surface area (TPSA) is 154 Å². The average Bonchev–Trinajstić information content (AvgIpc) is 3.17. The van der Waals surface area contributed by atoms with Crippen molar-refractivity contribution in [1.82, 2.24) is 20.9 Å². The van der Waals surface area contributed by atoms with E-state index >= 15 is 0 Å². The van der Waals surface area contributed by atoms with Gasteiger partial charge < -0.3 is 15.6 Å². The molecule has 0 unspecified atom stereocenters. The van der Waals surface area contributed by atoms with Crippen molar-refractivity contribution in [3.63, 3.8) is 0 Å². The number of H-pyrrole nitrogens is 1. The number of pyridine rings is 1. The van der Waals surface area contributed by atoms with Gasteiger partial charge in [0.15, 0.2) is 11.2 Å². The molecule has 2 heterocycles. The van der Waals surface area contributed by atoms with Gasteiger partial charge in [-0.3, -0.25) is 34.1 Å². The molecule has 0 aliphatic carbocycles. The predicted octanol–water partition coefficient (Wildman–Crippen LogP) is 2.01. The van der Waals surface area contributed by atoms with E-state index in [4.69, 9.17) is 0 Å². The van der Waals surface area contributed by atoms with Crippen LogP contribution >= 0.6 is 0 Å². The minimum Gasteiger partial charge on any atom is -0.350 e. The number of hydrogen-bond acceptors (Lipinski definition) is 6. The molecule has 0 saturated carbocycles. The Morgan fingerprint density at radius 2 is 1.56 bits per heavy atom. The standard InChI is InChI=1S/C29H30N4O6/c1-15(2)25(26(36)24-16(3)27(37)33-29(24)39)32-23(35)14-20(17-9-5-4-6-10-17)31-28(38)21-13-22(34)18-11-7-8-12-19(18)30-21/h4-13,15-16,20,24-25H,14H2,1-3H3,(H,30,34)(H,31,38)(H,32,35)(H,33,37,39)/t16-,20-,24+,25+/m0/s1. The molecule has 2 aromatic carbocycles. The van der Waals surface area contributed by atoms with Crippen molar-refractivity contribution in [2.45, 2.75) is 39.3 Å². The molecule has 10 nitrogen and oxygen atoms in total. The van der Waals surface area contributed by atoms with Gasteiger partial charge in [0.25, 0.3) is 5.91 Å². The SMILES string of the molecule is CC(C)[C@@H](NC(=O)C[C@H](NC(=O)c1cc(=O)c2ccccc2[nH]1)c1ccccc1)C(=O)[C@@H]1C(=O)NC(=O)[C@H]1C. The molecular weight excluding hydrogens is 500 g/mol. The summed E-state index contributed by atoms with van der Waals surface area (Å²) in [5.74, 6) is -5.20. The molecule has 3 aromatic rings. The third-order valence-electron chi connectivity index (χ3n) is 6.92. The maximum Gasteiger partial charge on any atom is 0.268 e. The Bertz CT molecular complexity index is 1500. The molecule has 4 N–H and O–H groups in total. The summed E-state index contributed by atoms with van der Waals surface area (Å²) in [4.78, 5) is 79.2. The molecule has 1 fully saturated rings. The molecule has 0 radical (unpaired) electrons. The summed E-state index contributed by atoms with van der Waals surface area (Å²) in [6.07, 6.45) is -0.213. The largest absolute Gasteiger partial charge is 0.350 e. The summed E-state index contributed by atoms with van der Waals surface area (Å²) >= 11 is 0. The van der Waals surface area contributed by atoms with Crippen LogP contribution in [0.5, 0.6) is 0 Å². The number of para-hydroxylation sites is 1. The Morgan fingerprint density at radius 3 is 2.21 bits per heavy atom. The number of hydrogen-bond donors (Lipinski definition) is 4. The first-order valence-corrected chi connectivity index (χ1v) is 12.7. The maximum atomic E-state index is 13.2. The van der Waals surface area contributed by atoms with Crippen LogP contribution < -0.4 is 21.4 Å². The van der Waals surface area contributed by atoms with Gasteiger partial charge in [-0.1, -0.05) is 63.2 Å². The first-order valence-electron chi connectivity index (χ1n) is 12.7. The minimum absolute atomic E-state index is 0.0428. The molecule has 4 rings (SSSR count). The lowest BCUT2D eigenvalue weighted by Gasteiger charge is -2.26. The number of Topliss-reactive ketones (excluding diaryl/α,β-unsaturated/α-hetero) is 1. The van der Waals surface area contributed by atoms with Crippen LogP contribution in [0.2, 0.25) is 0 Å². The van der Waals surface area contributed by atoms with E-state index in [1.807, 2.05) is 0 Å². The van der Waals surface area contributed by atoms with Gasteiger partial charge in [-0.05, 0) is 23.6 Å². The Hall–Kier alpha value is -4.60. The third-order valence-corrected chi connectivity index (χ3v) is 6.92. The van der Waals surface area contributed by atoms with Gasteiger partial charge in [0.2, 0.25) is 17.7 Å². The van der Waals surface area contributed by atoms with E-state index in [0.29, 0.717) is 16.5 Å². The van der Waals surface area contributed by atoms with Crippen molar-refractivity contribution < 1.29 is 24.0 Å². The van der Waals surface area contributed by atoms with Gasteiger partial charge in [-0.25, -0.2) is 0 Å². The summed E-state index contributed by atoms with van der Waals surface area (Å²) in [5.41, 5.74) is 0.878. The molecule has 10 heteroatoms. The zero-order chi connectivity index (χ0) is 28.3. The number of aromatic amines is 1. The zero-order valence-electron chi connectivity index (χ0n) is 21.8. The molecule has 1 aliphatic heterocycles. The van der Waals surface area contributed by atoms with Crippen molar-refractivity contribution in [2.24, 2.45) is 17.8 Å². The van der Waals surface area contributed by atoms with Gasteiger partial charge in [-0.2, -0.15) is 0 Å². The number of imide groups is 1. The summed E-state index contributed by atoms with van der Waals surface area (Å²) in [6.45, 7) is 4.96. The fourth-order valence-electron chi connectivity index (χ4n) is 4.74.